The predicted molar refractivity (Wildman–Crippen MR) is 109 cm³/mol. The van der Waals surface area contributed by atoms with Gasteiger partial charge in [-0.05, 0) is 69.0 Å². The van der Waals surface area contributed by atoms with Gasteiger partial charge in [0, 0.05) is 29.6 Å². The molecule has 1 fully saturated rings. The molecule has 1 aliphatic rings. The Morgan fingerprint density at radius 2 is 1.86 bits per heavy atom. The highest BCUT2D eigenvalue weighted by molar-refractivity contribution is 5.94. The van der Waals surface area contributed by atoms with Crippen molar-refractivity contribution in [2.45, 2.75) is 45.3 Å². The summed E-state index contributed by atoms with van der Waals surface area (Å²) < 4.78 is 8.00. The van der Waals surface area contributed by atoms with Crippen molar-refractivity contribution in [3.63, 3.8) is 0 Å². The molecule has 4 rings (SSSR count). The van der Waals surface area contributed by atoms with Crippen molar-refractivity contribution in [1.29, 1.82) is 0 Å². The van der Waals surface area contributed by atoms with E-state index in [-0.39, 0.29) is 5.91 Å². The molecule has 1 aromatic heterocycles. The van der Waals surface area contributed by atoms with Gasteiger partial charge >= 0.3 is 0 Å². The molecular weight excluding hydrogens is 350 g/mol. The van der Waals surface area contributed by atoms with E-state index in [9.17, 15) is 4.79 Å². The molecule has 28 heavy (non-hydrogen) atoms. The summed E-state index contributed by atoms with van der Waals surface area (Å²) in [4.78, 5) is 12.6. The van der Waals surface area contributed by atoms with Crippen LogP contribution in [0.4, 0.5) is 0 Å². The van der Waals surface area contributed by atoms with Crippen LogP contribution in [0.15, 0.2) is 60.8 Å². The Morgan fingerprint density at radius 1 is 1.11 bits per heavy atom. The molecule has 5 nitrogen and oxygen atoms in total. The number of aromatic nitrogens is 2. The number of aryl methyl sites for hydroxylation is 1. The normalized spacial score (nSPS) is 14.2. The Labute approximate surface area is 165 Å². The van der Waals surface area contributed by atoms with E-state index in [1.54, 1.807) is 6.20 Å². The van der Waals surface area contributed by atoms with Crippen molar-refractivity contribution in [3.05, 3.63) is 77.6 Å². The zero-order valence-electron chi connectivity index (χ0n) is 16.1. The topological polar surface area (TPSA) is 56.2 Å². The van der Waals surface area contributed by atoms with Crippen LogP contribution in [-0.4, -0.2) is 21.8 Å². The van der Waals surface area contributed by atoms with Crippen LogP contribution in [0.3, 0.4) is 0 Å². The number of nitrogens with zero attached hydrogens (tertiary/aromatic N) is 2. The molecule has 1 N–H and O–H groups in total. The molecule has 0 unspecified atom stereocenters. The van der Waals surface area contributed by atoms with Gasteiger partial charge < -0.3 is 10.1 Å². The van der Waals surface area contributed by atoms with Crippen LogP contribution in [0.1, 0.15) is 47.3 Å². The minimum absolute atomic E-state index is 0.0978. The SMILES string of the molecule is Cc1ccnn1-c1ccc(C(=O)NCc2ccccc2OC2CCCC2)cc1. The Hall–Kier alpha value is -3.08. The number of ether oxygens (including phenoxy) is 1. The number of carbonyl (C=O) groups is 1. The summed E-state index contributed by atoms with van der Waals surface area (Å²) in [6.07, 6.45) is 6.76. The number of hydrogen-bond acceptors (Lipinski definition) is 3. The molecule has 3 aromatic rings. The van der Waals surface area contributed by atoms with Crippen LogP contribution >= 0.6 is 0 Å². The van der Waals surface area contributed by atoms with E-state index in [0.29, 0.717) is 18.2 Å². The van der Waals surface area contributed by atoms with Gasteiger partial charge in [-0.15, -0.1) is 0 Å². The first-order valence-corrected chi connectivity index (χ1v) is 9.84. The second-order valence-electron chi connectivity index (χ2n) is 7.25. The lowest BCUT2D eigenvalue weighted by Gasteiger charge is -2.17. The number of para-hydroxylation sites is 1. The third-order valence-electron chi connectivity index (χ3n) is 5.21. The Balaban J connectivity index is 1.40. The fraction of sp³-hybridized carbons (Fsp3) is 0.304. The second-order valence-corrected chi connectivity index (χ2v) is 7.25. The summed E-state index contributed by atoms with van der Waals surface area (Å²) in [5.74, 6) is 0.776. The molecule has 0 aliphatic heterocycles. The molecule has 0 radical (unpaired) electrons. The van der Waals surface area contributed by atoms with Crippen molar-refractivity contribution in [3.8, 4) is 11.4 Å². The maximum absolute atomic E-state index is 12.6. The summed E-state index contributed by atoms with van der Waals surface area (Å²) >= 11 is 0. The number of amides is 1. The fourth-order valence-electron chi connectivity index (χ4n) is 3.62. The average molecular weight is 375 g/mol. The number of carbonyl (C=O) groups excluding carboxylic acids is 1. The Kier molecular flexibility index (Phi) is 5.42. The van der Waals surface area contributed by atoms with E-state index in [4.69, 9.17) is 4.74 Å². The largest absolute Gasteiger partial charge is 0.490 e. The van der Waals surface area contributed by atoms with Crippen molar-refractivity contribution in [2.75, 3.05) is 0 Å². The van der Waals surface area contributed by atoms with Gasteiger partial charge in [-0.2, -0.15) is 5.10 Å². The molecule has 144 valence electrons. The van der Waals surface area contributed by atoms with Gasteiger partial charge in [-0.25, -0.2) is 4.68 Å². The van der Waals surface area contributed by atoms with Gasteiger partial charge in [-0.3, -0.25) is 4.79 Å². The molecule has 1 heterocycles. The van der Waals surface area contributed by atoms with Crippen LogP contribution in [-0.2, 0) is 6.54 Å². The Morgan fingerprint density at radius 3 is 2.57 bits per heavy atom. The predicted octanol–water partition coefficient (Wildman–Crippen LogP) is 4.43. The standard InChI is InChI=1S/C23H25N3O2/c1-17-14-15-25-26(17)20-12-10-18(11-13-20)23(27)24-16-19-6-2-5-9-22(19)28-21-7-3-4-8-21/h2,5-6,9-15,21H,3-4,7-8,16H2,1H3,(H,24,27). The lowest BCUT2D eigenvalue weighted by atomic mass is 10.1. The monoisotopic (exact) mass is 375 g/mol. The first-order valence-electron chi connectivity index (χ1n) is 9.84. The highest BCUT2D eigenvalue weighted by atomic mass is 16.5. The molecule has 1 aliphatic carbocycles. The second kappa shape index (κ2) is 8.30. The summed E-state index contributed by atoms with van der Waals surface area (Å²) in [5, 5.41) is 7.30. The van der Waals surface area contributed by atoms with Gasteiger partial charge in [0.1, 0.15) is 5.75 Å². The van der Waals surface area contributed by atoms with Crippen LogP contribution < -0.4 is 10.1 Å². The number of nitrogens with one attached hydrogen (secondary N) is 1. The van der Waals surface area contributed by atoms with Gasteiger partial charge in [0.25, 0.3) is 5.91 Å². The third kappa shape index (κ3) is 4.09. The van der Waals surface area contributed by atoms with Crippen molar-refractivity contribution in [2.24, 2.45) is 0 Å². The highest BCUT2D eigenvalue weighted by Crippen LogP contribution is 2.26. The number of rotatable bonds is 6. The van der Waals surface area contributed by atoms with Crippen LogP contribution in [0.5, 0.6) is 5.75 Å². The maximum atomic E-state index is 12.6. The molecule has 1 amide bonds. The molecule has 5 heteroatoms. The van der Waals surface area contributed by atoms with Crippen molar-refractivity contribution in [1.82, 2.24) is 15.1 Å². The van der Waals surface area contributed by atoms with Gasteiger partial charge in [0.15, 0.2) is 0 Å². The summed E-state index contributed by atoms with van der Waals surface area (Å²) in [6.45, 7) is 2.44. The number of benzene rings is 2. The first-order chi connectivity index (χ1) is 13.7. The van der Waals surface area contributed by atoms with E-state index in [1.165, 1.54) is 12.8 Å². The highest BCUT2D eigenvalue weighted by Gasteiger charge is 2.18. The van der Waals surface area contributed by atoms with Crippen LogP contribution in [0.25, 0.3) is 5.69 Å². The van der Waals surface area contributed by atoms with Gasteiger partial charge in [0.2, 0.25) is 0 Å². The zero-order valence-corrected chi connectivity index (χ0v) is 16.1. The molecule has 0 saturated heterocycles. The molecule has 0 atom stereocenters. The van der Waals surface area contributed by atoms with E-state index < -0.39 is 0 Å². The van der Waals surface area contributed by atoms with Crippen molar-refractivity contribution >= 4 is 5.91 Å². The minimum atomic E-state index is -0.0978. The van der Waals surface area contributed by atoms with Gasteiger partial charge in [-0.1, -0.05) is 18.2 Å². The smallest absolute Gasteiger partial charge is 0.251 e. The lowest BCUT2D eigenvalue weighted by molar-refractivity contribution is 0.0950. The fourth-order valence-corrected chi connectivity index (χ4v) is 3.62. The van der Waals surface area contributed by atoms with E-state index in [0.717, 1.165) is 35.5 Å². The third-order valence-corrected chi connectivity index (χ3v) is 5.21. The van der Waals surface area contributed by atoms with Crippen LogP contribution in [0, 0.1) is 6.92 Å². The lowest BCUT2D eigenvalue weighted by Crippen LogP contribution is -2.23. The molecule has 0 bridgehead atoms. The molecular formula is C23H25N3O2. The quantitative estimate of drug-likeness (QED) is 0.693. The average Bonchev–Trinajstić information content (AvgIpc) is 3.39. The first kappa shape index (κ1) is 18.3. The molecule has 0 spiro atoms. The van der Waals surface area contributed by atoms with E-state index in [2.05, 4.69) is 10.4 Å². The summed E-state index contributed by atoms with van der Waals surface area (Å²) in [7, 11) is 0. The molecule has 1 saturated carbocycles. The van der Waals surface area contributed by atoms with E-state index in [1.807, 2.05) is 66.2 Å². The number of hydrogen-bond donors (Lipinski definition) is 1. The van der Waals surface area contributed by atoms with Crippen LogP contribution in [0.2, 0.25) is 0 Å². The maximum Gasteiger partial charge on any atom is 0.251 e. The zero-order chi connectivity index (χ0) is 19.3. The summed E-state index contributed by atoms with van der Waals surface area (Å²) in [5.41, 5.74) is 3.62. The minimum Gasteiger partial charge on any atom is -0.490 e. The van der Waals surface area contributed by atoms with Gasteiger partial charge in [0.05, 0.1) is 11.8 Å². The van der Waals surface area contributed by atoms with Crippen molar-refractivity contribution < 1.29 is 9.53 Å². The Bertz CT molecular complexity index is 940. The summed E-state index contributed by atoms with van der Waals surface area (Å²) in [6, 6.07) is 17.4. The van der Waals surface area contributed by atoms with E-state index >= 15 is 0 Å². The molecule has 2 aromatic carbocycles.